The summed E-state index contributed by atoms with van der Waals surface area (Å²) in [4.78, 5) is 40.8. The van der Waals surface area contributed by atoms with E-state index in [4.69, 9.17) is 11.6 Å². The minimum absolute atomic E-state index is 0.0225. The highest BCUT2D eigenvalue weighted by Gasteiger charge is 2.44. The van der Waals surface area contributed by atoms with Gasteiger partial charge in [-0.2, -0.15) is 0 Å². The Morgan fingerprint density at radius 2 is 2.16 bits per heavy atom. The Morgan fingerprint density at radius 1 is 1.53 bits per heavy atom. The number of methoxy groups -OCH3 is 1. The molecule has 0 radical (unpaired) electrons. The van der Waals surface area contributed by atoms with Gasteiger partial charge in [-0.1, -0.05) is 11.6 Å². The first-order valence-corrected chi connectivity index (χ1v) is 6.31. The summed E-state index contributed by atoms with van der Waals surface area (Å²) in [7, 11) is 2.56. The number of nitrogens with zero attached hydrogens (tertiary/aromatic N) is 2. The topological polar surface area (TPSA) is 76.6 Å². The van der Waals surface area contributed by atoms with E-state index in [9.17, 15) is 14.4 Å². The molecule has 0 aromatic carbocycles. The number of hydrogen-bond donors (Lipinski definition) is 0. The molecule has 0 spiro atoms. The Labute approximate surface area is 121 Å². The van der Waals surface area contributed by atoms with Crippen LogP contribution in [0.25, 0.3) is 0 Å². The zero-order valence-electron chi connectivity index (χ0n) is 9.94. The molecule has 0 saturated carbocycles. The van der Waals surface area contributed by atoms with Crippen molar-refractivity contribution in [3.63, 3.8) is 0 Å². The minimum Gasteiger partial charge on any atom is -0.468 e. The molecule has 19 heavy (non-hydrogen) atoms. The molecule has 1 aliphatic heterocycles. The summed E-state index contributed by atoms with van der Waals surface area (Å²) in [5.41, 5.74) is 0.275. The summed E-state index contributed by atoms with van der Waals surface area (Å²) in [6.07, 6.45) is 0. The third kappa shape index (κ3) is 2.12. The molecule has 1 aromatic heterocycles. The largest absolute Gasteiger partial charge is 0.468 e. The van der Waals surface area contributed by atoms with Crippen LogP contribution in [0.3, 0.4) is 0 Å². The van der Waals surface area contributed by atoms with Gasteiger partial charge in [0.2, 0.25) is 17.6 Å². The highest BCUT2D eigenvalue weighted by molar-refractivity contribution is 9.10. The summed E-state index contributed by atoms with van der Waals surface area (Å²) < 4.78 is 4.93. The van der Waals surface area contributed by atoms with Crippen molar-refractivity contribution >= 4 is 50.9 Å². The third-order valence-electron chi connectivity index (χ3n) is 2.78. The summed E-state index contributed by atoms with van der Waals surface area (Å²) in [5, 5.41) is 0.0819. The maximum atomic E-state index is 12.2. The van der Waals surface area contributed by atoms with Gasteiger partial charge in [0.05, 0.1) is 17.3 Å². The van der Waals surface area contributed by atoms with Crippen molar-refractivity contribution in [3.05, 3.63) is 21.4 Å². The van der Waals surface area contributed by atoms with Crippen LogP contribution in [0.2, 0.25) is 5.15 Å². The molecule has 1 atom stereocenters. The number of anilines is 1. The number of ketones is 1. The number of rotatable bonds is 1. The van der Waals surface area contributed by atoms with Crippen LogP contribution in [-0.2, 0) is 14.3 Å². The Hall–Kier alpha value is -1.47. The molecule has 1 unspecified atom stereocenters. The Morgan fingerprint density at radius 3 is 2.74 bits per heavy atom. The molecular formula is C11H8BrClN2O4. The van der Waals surface area contributed by atoms with Crippen LogP contribution in [0, 0.1) is 5.92 Å². The number of amides is 1. The first-order chi connectivity index (χ1) is 8.88. The number of halogens is 2. The second kappa shape index (κ2) is 4.90. The number of pyridine rings is 1. The molecule has 0 aliphatic carbocycles. The van der Waals surface area contributed by atoms with Crippen LogP contribution in [0.1, 0.15) is 10.5 Å². The first-order valence-electron chi connectivity index (χ1n) is 5.14. The van der Waals surface area contributed by atoms with Gasteiger partial charge in [0, 0.05) is 7.05 Å². The number of carbonyl (C=O) groups excluding carboxylic acids is 3. The monoisotopic (exact) mass is 346 g/mol. The van der Waals surface area contributed by atoms with Crippen molar-refractivity contribution in [2.75, 3.05) is 19.1 Å². The smallest absolute Gasteiger partial charge is 0.326 e. The average Bonchev–Trinajstić information content (AvgIpc) is 2.38. The lowest BCUT2D eigenvalue weighted by atomic mass is 9.94. The number of fused-ring (bicyclic) bond motifs is 1. The van der Waals surface area contributed by atoms with E-state index >= 15 is 0 Å². The van der Waals surface area contributed by atoms with Crippen LogP contribution in [0.4, 0.5) is 5.69 Å². The second-order valence-electron chi connectivity index (χ2n) is 3.85. The molecule has 8 heteroatoms. The first kappa shape index (κ1) is 14.0. The van der Waals surface area contributed by atoms with Crippen LogP contribution in [0.15, 0.2) is 10.5 Å². The van der Waals surface area contributed by atoms with Gasteiger partial charge in [-0.3, -0.25) is 14.4 Å². The van der Waals surface area contributed by atoms with Crippen LogP contribution in [0.5, 0.6) is 0 Å². The zero-order valence-corrected chi connectivity index (χ0v) is 12.3. The molecular weight excluding hydrogens is 339 g/mol. The molecule has 0 saturated heterocycles. The van der Waals surface area contributed by atoms with Crippen molar-refractivity contribution in [2.45, 2.75) is 0 Å². The van der Waals surface area contributed by atoms with E-state index in [2.05, 4.69) is 25.7 Å². The van der Waals surface area contributed by atoms with Crippen LogP contribution >= 0.6 is 27.5 Å². The van der Waals surface area contributed by atoms with E-state index in [0.29, 0.717) is 10.2 Å². The van der Waals surface area contributed by atoms with Gasteiger partial charge in [0.25, 0.3) is 0 Å². The van der Waals surface area contributed by atoms with E-state index in [-0.39, 0.29) is 10.8 Å². The summed E-state index contributed by atoms with van der Waals surface area (Å²) in [6, 6.07) is 1.51. The predicted molar refractivity (Wildman–Crippen MR) is 70.2 cm³/mol. The number of esters is 1. The molecule has 1 aliphatic rings. The highest BCUT2D eigenvalue weighted by atomic mass is 79.9. The number of aromatic nitrogens is 1. The SMILES string of the molecule is COC(=O)C1C(=O)c2nc(Cl)c(Br)cc2N(C)C1=O. The lowest BCUT2D eigenvalue weighted by Gasteiger charge is -2.28. The Kier molecular flexibility index (Phi) is 3.60. The fourth-order valence-corrected chi connectivity index (χ4v) is 2.23. The average molecular weight is 348 g/mol. The summed E-state index contributed by atoms with van der Waals surface area (Å²) >= 11 is 8.99. The maximum Gasteiger partial charge on any atom is 0.326 e. The van der Waals surface area contributed by atoms with Crippen molar-refractivity contribution in [2.24, 2.45) is 5.92 Å². The summed E-state index contributed by atoms with van der Waals surface area (Å²) in [5.74, 6) is -3.79. The van der Waals surface area contributed by atoms with Crippen LogP contribution < -0.4 is 4.90 Å². The maximum absolute atomic E-state index is 12.2. The third-order valence-corrected chi connectivity index (χ3v) is 3.91. The van der Waals surface area contributed by atoms with Gasteiger partial charge in [-0.25, -0.2) is 4.98 Å². The van der Waals surface area contributed by atoms with E-state index in [1.807, 2.05) is 0 Å². The highest BCUT2D eigenvalue weighted by Crippen LogP contribution is 2.34. The van der Waals surface area contributed by atoms with Gasteiger partial charge < -0.3 is 9.64 Å². The normalized spacial score (nSPS) is 18.3. The lowest BCUT2D eigenvalue weighted by Crippen LogP contribution is -2.47. The molecule has 1 amide bonds. The fraction of sp³-hybridized carbons (Fsp3) is 0.273. The van der Waals surface area contributed by atoms with E-state index in [0.717, 1.165) is 7.11 Å². The van der Waals surface area contributed by atoms with Gasteiger partial charge in [-0.15, -0.1) is 0 Å². The van der Waals surface area contributed by atoms with Crippen LogP contribution in [-0.4, -0.2) is 36.8 Å². The number of ether oxygens (including phenoxy) is 1. The molecule has 2 rings (SSSR count). The molecule has 2 heterocycles. The van der Waals surface area contributed by atoms with Gasteiger partial charge in [0.1, 0.15) is 10.8 Å². The van der Waals surface area contributed by atoms with E-state index in [1.165, 1.54) is 18.0 Å². The molecule has 1 aromatic rings. The fourth-order valence-electron chi connectivity index (χ4n) is 1.78. The van der Waals surface area contributed by atoms with Crippen molar-refractivity contribution in [1.29, 1.82) is 0 Å². The van der Waals surface area contributed by atoms with Gasteiger partial charge in [-0.05, 0) is 22.0 Å². The molecule has 100 valence electrons. The number of hydrogen-bond acceptors (Lipinski definition) is 5. The summed E-state index contributed by atoms with van der Waals surface area (Å²) in [6.45, 7) is 0. The molecule has 0 N–H and O–H groups in total. The van der Waals surface area contributed by atoms with Gasteiger partial charge >= 0.3 is 5.97 Å². The van der Waals surface area contributed by atoms with Crippen molar-refractivity contribution in [3.8, 4) is 0 Å². The van der Waals surface area contributed by atoms with E-state index in [1.54, 1.807) is 0 Å². The second-order valence-corrected chi connectivity index (χ2v) is 5.06. The van der Waals surface area contributed by atoms with Crippen molar-refractivity contribution < 1.29 is 19.1 Å². The molecule has 0 fully saturated rings. The minimum atomic E-state index is -1.52. The molecule has 0 bridgehead atoms. The zero-order chi connectivity index (χ0) is 14.3. The van der Waals surface area contributed by atoms with Gasteiger partial charge in [0.15, 0.2) is 0 Å². The quantitative estimate of drug-likeness (QED) is 0.436. The number of Topliss-reactive ketones (excluding diaryl/α,β-unsaturated/α-hetero) is 1. The Balaban J connectivity index is 2.62. The van der Waals surface area contributed by atoms with E-state index < -0.39 is 23.6 Å². The standard InChI is InChI=1S/C11H8BrClN2O4/c1-15-5-3-4(12)9(13)14-7(5)8(16)6(10(15)17)11(18)19-2/h3,6H,1-2H3. The predicted octanol–water partition coefficient (Wildman–Crippen LogP) is 1.45. The lowest BCUT2D eigenvalue weighted by molar-refractivity contribution is -0.147. The Bertz CT molecular complexity index is 605. The number of carbonyl (C=O) groups is 3. The molecule has 6 nitrogen and oxygen atoms in total. The van der Waals surface area contributed by atoms with Crippen molar-refractivity contribution in [1.82, 2.24) is 4.98 Å².